The Hall–Kier alpha value is -4.08. The molecule has 33 heavy (non-hydrogen) atoms. The number of nitrogens with zero attached hydrogens (tertiary/aromatic N) is 5. The minimum Gasteiger partial charge on any atom is -0.465 e. The Bertz CT molecular complexity index is 1280. The Labute approximate surface area is 189 Å². The first-order valence-corrected chi connectivity index (χ1v) is 10.6. The second-order valence-corrected chi connectivity index (χ2v) is 7.36. The summed E-state index contributed by atoms with van der Waals surface area (Å²) in [6, 6.07) is 5.60. The smallest absolute Gasteiger partial charge is 0.327 e. The van der Waals surface area contributed by atoms with Gasteiger partial charge in [-0.3, -0.25) is 19.3 Å². The van der Waals surface area contributed by atoms with Crippen molar-refractivity contribution in [1.82, 2.24) is 29.9 Å². The van der Waals surface area contributed by atoms with Gasteiger partial charge in [-0.05, 0) is 37.6 Å². The van der Waals surface area contributed by atoms with E-state index in [9.17, 15) is 14.0 Å². The van der Waals surface area contributed by atoms with E-state index in [1.165, 1.54) is 23.0 Å². The van der Waals surface area contributed by atoms with E-state index < -0.39 is 0 Å². The van der Waals surface area contributed by atoms with Gasteiger partial charge in [0.25, 0.3) is 5.91 Å². The number of hydrogen-bond acceptors (Lipinski definition) is 6. The van der Waals surface area contributed by atoms with Crippen LogP contribution in [-0.2, 0) is 16.1 Å². The largest absolute Gasteiger partial charge is 0.465 e. The fourth-order valence-electron chi connectivity index (χ4n) is 3.55. The molecular formula is C23H23FN6O3. The van der Waals surface area contributed by atoms with E-state index in [1.807, 2.05) is 6.92 Å². The molecule has 10 heteroatoms. The van der Waals surface area contributed by atoms with Gasteiger partial charge in [0.1, 0.15) is 12.4 Å². The average Bonchev–Trinajstić information content (AvgIpc) is 3.45. The number of ether oxygens (including phenoxy) is 1. The number of carbonyl (C=O) groups excluding carboxylic acids is 2. The van der Waals surface area contributed by atoms with Gasteiger partial charge >= 0.3 is 5.97 Å². The maximum absolute atomic E-state index is 13.3. The molecule has 170 valence electrons. The molecule has 0 aliphatic rings. The van der Waals surface area contributed by atoms with Gasteiger partial charge in [0.05, 0.1) is 48.0 Å². The highest BCUT2D eigenvalue weighted by molar-refractivity contribution is 6.06. The zero-order valence-corrected chi connectivity index (χ0v) is 18.2. The van der Waals surface area contributed by atoms with E-state index in [1.54, 1.807) is 48.5 Å². The van der Waals surface area contributed by atoms with Crippen LogP contribution in [0.15, 0.2) is 55.2 Å². The molecule has 4 rings (SSSR count). The Morgan fingerprint density at radius 2 is 1.88 bits per heavy atom. The van der Waals surface area contributed by atoms with Crippen LogP contribution >= 0.6 is 0 Å². The molecule has 1 N–H and O–H groups in total. The highest BCUT2D eigenvalue weighted by Crippen LogP contribution is 2.23. The first-order chi connectivity index (χ1) is 16.0. The first kappa shape index (κ1) is 22.1. The van der Waals surface area contributed by atoms with Gasteiger partial charge in [0, 0.05) is 23.3 Å². The van der Waals surface area contributed by atoms with Crippen molar-refractivity contribution in [1.29, 1.82) is 0 Å². The summed E-state index contributed by atoms with van der Waals surface area (Å²) in [5.41, 5.74) is 2.44. The molecule has 1 atom stereocenters. The van der Waals surface area contributed by atoms with Gasteiger partial charge in [-0.25, -0.2) is 9.07 Å². The number of halogens is 1. The van der Waals surface area contributed by atoms with Crippen LogP contribution in [0, 0.1) is 5.82 Å². The van der Waals surface area contributed by atoms with Gasteiger partial charge in [-0.15, -0.1) is 0 Å². The summed E-state index contributed by atoms with van der Waals surface area (Å²) in [6.45, 7) is 3.99. The highest BCUT2D eigenvalue weighted by Gasteiger charge is 2.20. The van der Waals surface area contributed by atoms with Gasteiger partial charge < -0.3 is 10.1 Å². The Balaban J connectivity index is 1.55. The molecule has 3 heterocycles. The Morgan fingerprint density at radius 3 is 2.61 bits per heavy atom. The molecule has 0 bridgehead atoms. The number of aromatic nitrogens is 5. The van der Waals surface area contributed by atoms with E-state index >= 15 is 0 Å². The van der Waals surface area contributed by atoms with Crippen LogP contribution in [0.5, 0.6) is 0 Å². The minimum absolute atomic E-state index is 0.00399. The molecule has 4 aromatic rings. The van der Waals surface area contributed by atoms with Gasteiger partial charge in [0.2, 0.25) is 0 Å². The lowest BCUT2D eigenvalue weighted by Gasteiger charge is -2.15. The van der Waals surface area contributed by atoms with E-state index in [2.05, 4.69) is 20.5 Å². The van der Waals surface area contributed by atoms with Crippen LogP contribution in [0.3, 0.4) is 0 Å². The third-order valence-corrected chi connectivity index (χ3v) is 5.18. The van der Waals surface area contributed by atoms with E-state index in [0.29, 0.717) is 35.2 Å². The third-order valence-electron chi connectivity index (χ3n) is 5.18. The second kappa shape index (κ2) is 9.60. The van der Waals surface area contributed by atoms with Crippen molar-refractivity contribution >= 4 is 22.8 Å². The number of esters is 1. The summed E-state index contributed by atoms with van der Waals surface area (Å²) in [5.74, 6) is -1.03. The molecule has 0 saturated heterocycles. The van der Waals surface area contributed by atoms with Crippen LogP contribution in [0.25, 0.3) is 16.6 Å². The summed E-state index contributed by atoms with van der Waals surface area (Å²) in [7, 11) is 0. The van der Waals surface area contributed by atoms with Crippen molar-refractivity contribution in [2.45, 2.75) is 32.9 Å². The number of hydrogen-bond donors (Lipinski definition) is 1. The van der Waals surface area contributed by atoms with Crippen molar-refractivity contribution in [3.05, 3.63) is 72.2 Å². The summed E-state index contributed by atoms with van der Waals surface area (Å²) in [5, 5.41) is 12.2. The molecule has 0 spiro atoms. The fraction of sp³-hybridized carbons (Fsp3) is 0.261. The van der Waals surface area contributed by atoms with Crippen molar-refractivity contribution in [3.63, 3.8) is 0 Å². The first-order valence-electron chi connectivity index (χ1n) is 10.6. The molecule has 0 saturated carbocycles. The summed E-state index contributed by atoms with van der Waals surface area (Å²) in [4.78, 5) is 29.0. The molecule has 1 amide bonds. The zero-order valence-electron chi connectivity index (χ0n) is 18.2. The zero-order chi connectivity index (χ0) is 23.4. The van der Waals surface area contributed by atoms with Crippen LogP contribution in [0.2, 0.25) is 0 Å². The molecule has 0 aliphatic heterocycles. The molecule has 0 radical (unpaired) electrons. The van der Waals surface area contributed by atoms with E-state index in [4.69, 9.17) is 4.74 Å². The van der Waals surface area contributed by atoms with Crippen LogP contribution in [0.4, 0.5) is 4.39 Å². The summed E-state index contributed by atoms with van der Waals surface area (Å²) >= 11 is 0. The topological polar surface area (TPSA) is 104 Å². The Morgan fingerprint density at radius 1 is 1.09 bits per heavy atom. The van der Waals surface area contributed by atoms with Crippen LogP contribution in [0.1, 0.15) is 42.2 Å². The van der Waals surface area contributed by atoms with E-state index in [0.717, 1.165) is 5.56 Å². The lowest BCUT2D eigenvalue weighted by molar-refractivity contribution is -0.144. The standard InChI is InChI=1S/C23H23FN6O3/c1-3-20(15-9-26-29(13-15)14-22(31)33-4-2)28-23(32)19-10-25-12-21-18(19)11-27-30(21)17-7-5-16(24)6-8-17/h5-13,20H,3-4,14H2,1-2H3,(H,28,32)/t20-/m0/s1. The predicted molar refractivity (Wildman–Crippen MR) is 118 cm³/mol. The molecule has 0 aliphatic carbocycles. The van der Waals surface area contributed by atoms with Gasteiger partial charge in [-0.1, -0.05) is 6.92 Å². The number of fused-ring (bicyclic) bond motifs is 1. The number of amides is 1. The van der Waals surface area contributed by atoms with E-state index in [-0.39, 0.29) is 30.3 Å². The van der Waals surface area contributed by atoms with Gasteiger partial charge in [0.15, 0.2) is 0 Å². The highest BCUT2D eigenvalue weighted by atomic mass is 19.1. The number of rotatable bonds is 8. The third kappa shape index (κ3) is 4.74. The van der Waals surface area contributed by atoms with Crippen molar-refractivity contribution in [2.24, 2.45) is 0 Å². The molecule has 1 aromatic carbocycles. The lowest BCUT2D eigenvalue weighted by atomic mass is 10.1. The number of carbonyl (C=O) groups is 2. The minimum atomic E-state index is -0.375. The summed E-state index contributed by atoms with van der Waals surface area (Å²) in [6.07, 6.45) is 8.66. The number of benzene rings is 1. The Kier molecular flexibility index (Phi) is 6.43. The van der Waals surface area contributed by atoms with Crippen molar-refractivity contribution in [2.75, 3.05) is 6.61 Å². The quantitative estimate of drug-likeness (QED) is 0.414. The maximum atomic E-state index is 13.3. The number of nitrogens with one attached hydrogen (secondary N) is 1. The van der Waals surface area contributed by atoms with Crippen molar-refractivity contribution in [3.8, 4) is 5.69 Å². The molecule has 9 nitrogen and oxygen atoms in total. The predicted octanol–water partition coefficient (Wildman–Crippen LogP) is 3.20. The summed E-state index contributed by atoms with van der Waals surface area (Å²) < 4.78 is 21.3. The molecular weight excluding hydrogens is 427 g/mol. The molecule has 0 unspecified atom stereocenters. The molecule has 0 fully saturated rings. The van der Waals surface area contributed by atoms with Crippen molar-refractivity contribution < 1.29 is 18.7 Å². The second-order valence-electron chi connectivity index (χ2n) is 7.36. The average molecular weight is 450 g/mol. The van der Waals surface area contributed by atoms with Gasteiger partial charge in [-0.2, -0.15) is 10.2 Å². The number of pyridine rings is 1. The lowest BCUT2D eigenvalue weighted by Crippen LogP contribution is -2.28. The van der Waals surface area contributed by atoms with Crippen LogP contribution < -0.4 is 5.32 Å². The SMILES string of the molecule is CCOC(=O)Cn1cc([C@H](CC)NC(=O)c2cncc3c2cnn3-c2ccc(F)cc2)cn1. The molecule has 3 aromatic heterocycles. The maximum Gasteiger partial charge on any atom is 0.327 e. The van der Waals surface area contributed by atoms with Crippen LogP contribution in [-0.4, -0.2) is 43.0 Å². The fourth-order valence-corrected chi connectivity index (χ4v) is 3.55. The normalized spacial score (nSPS) is 12.0. The monoisotopic (exact) mass is 450 g/mol.